The van der Waals surface area contributed by atoms with E-state index in [0.717, 1.165) is 36.9 Å². The molecule has 0 spiro atoms. The lowest BCUT2D eigenvalue weighted by atomic mass is 9.91. The van der Waals surface area contributed by atoms with Crippen LogP contribution in [0.15, 0.2) is 18.2 Å². The molecule has 1 aromatic rings. The molecule has 1 atom stereocenters. The van der Waals surface area contributed by atoms with Crippen molar-refractivity contribution in [3.05, 3.63) is 23.8 Å². The van der Waals surface area contributed by atoms with Crippen LogP contribution in [0.4, 0.5) is 5.69 Å². The van der Waals surface area contributed by atoms with Crippen molar-refractivity contribution in [3.8, 4) is 5.75 Å². The Morgan fingerprint density at radius 3 is 2.90 bits per heavy atom. The quantitative estimate of drug-likeness (QED) is 0.869. The molecule has 1 fully saturated rings. The standard InChI is InChI=1S/C16H22N2O2/c1-11-10-20-15-3-2-13(9-14(15)18-16(11)19)8-12-4-6-17-7-5-12/h2-3,9,11-12,17H,4-8,10H2,1H3,(H,18,19). The Morgan fingerprint density at radius 2 is 2.10 bits per heavy atom. The molecule has 2 aliphatic heterocycles. The summed E-state index contributed by atoms with van der Waals surface area (Å²) in [6, 6.07) is 6.19. The summed E-state index contributed by atoms with van der Waals surface area (Å²) < 4.78 is 5.68. The van der Waals surface area contributed by atoms with Gasteiger partial charge in [-0.15, -0.1) is 0 Å². The molecule has 0 bridgehead atoms. The summed E-state index contributed by atoms with van der Waals surface area (Å²) in [6.45, 7) is 4.57. The molecule has 2 aliphatic rings. The normalized spacial score (nSPS) is 23.4. The minimum atomic E-state index is -0.102. The van der Waals surface area contributed by atoms with Crippen LogP contribution in [0.3, 0.4) is 0 Å². The Morgan fingerprint density at radius 1 is 1.30 bits per heavy atom. The lowest BCUT2D eigenvalue weighted by molar-refractivity contribution is -0.119. The van der Waals surface area contributed by atoms with Gasteiger partial charge in [-0.1, -0.05) is 13.0 Å². The third-order valence-electron chi connectivity index (χ3n) is 4.22. The molecule has 1 unspecified atom stereocenters. The zero-order chi connectivity index (χ0) is 13.9. The molecule has 0 aliphatic carbocycles. The second-order valence-electron chi connectivity index (χ2n) is 5.93. The van der Waals surface area contributed by atoms with Crippen LogP contribution >= 0.6 is 0 Å². The molecular weight excluding hydrogens is 252 g/mol. The van der Waals surface area contributed by atoms with Gasteiger partial charge in [0.15, 0.2) is 0 Å². The second kappa shape index (κ2) is 5.83. The number of amides is 1. The van der Waals surface area contributed by atoms with Crippen LogP contribution in [-0.4, -0.2) is 25.6 Å². The number of benzene rings is 1. The molecule has 0 aromatic heterocycles. The molecular formula is C16H22N2O2. The highest BCUT2D eigenvalue weighted by molar-refractivity contribution is 5.94. The van der Waals surface area contributed by atoms with Crippen molar-refractivity contribution in [3.63, 3.8) is 0 Å². The van der Waals surface area contributed by atoms with E-state index in [0.29, 0.717) is 6.61 Å². The fraction of sp³-hybridized carbons (Fsp3) is 0.562. The zero-order valence-corrected chi connectivity index (χ0v) is 11.9. The van der Waals surface area contributed by atoms with Gasteiger partial charge in [0.2, 0.25) is 5.91 Å². The molecule has 1 saturated heterocycles. The van der Waals surface area contributed by atoms with E-state index in [1.54, 1.807) is 0 Å². The van der Waals surface area contributed by atoms with Gasteiger partial charge in [-0.2, -0.15) is 0 Å². The van der Waals surface area contributed by atoms with Crippen LogP contribution in [0.2, 0.25) is 0 Å². The minimum absolute atomic E-state index is 0.0442. The number of nitrogens with one attached hydrogen (secondary N) is 2. The van der Waals surface area contributed by atoms with Crippen molar-refractivity contribution >= 4 is 11.6 Å². The smallest absolute Gasteiger partial charge is 0.230 e. The van der Waals surface area contributed by atoms with Crippen molar-refractivity contribution in [1.82, 2.24) is 5.32 Å². The van der Waals surface area contributed by atoms with Crippen LogP contribution in [0.25, 0.3) is 0 Å². The lowest BCUT2D eigenvalue weighted by Gasteiger charge is -2.22. The highest BCUT2D eigenvalue weighted by atomic mass is 16.5. The van der Waals surface area contributed by atoms with Crippen molar-refractivity contribution in [2.45, 2.75) is 26.2 Å². The van der Waals surface area contributed by atoms with E-state index in [9.17, 15) is 4.79 Å². The van der Waals surface area contributed by atoms with Crippen LogP contribution in [-0.2, 0) is 11.2 Å². The highest BCUT2D eigenvalue weighted by Crippen LogP contribution is 2.30. The lowest BCUT2D eigenvalue weighted by Crippen LogP contribution is -2.28. The maximum absolute atomic E-state index is 11.9. The Labute approximate surface area is 119 Å². The number of carbonyl (C=O) groups excluding carboxylic acids is 1. The second-order valence-corrected chi connectivity index (χ2v) is 5.93. The molecule has 0 saturated carbocycles. The number of piperidine rings is 1. The number of rotatable bonds is 2. The van der Waals surface area contributed by atoms with Gasteiger partial charge in [-0.25, -0.2) is 0 Å². The summed E-state index contributed by atoms with van der Waals surface area (Å²) in [5.74, 6) is 1.48. The number of ether oxygens (including phenoxy) is 1. The van der Waals surface area contributed by atoms with Crippen molar-refractivity contribution in [2.24, 2.45) is 11.8 Å². The van der Waals surface area contributed by atoms with Gasteiger partial charge >= 0.3 is 0 Å². The topological polar surface area (TPSA) is 50.4 Å². The van der Waals surface area contributed by atoms with E-state index in [1.807, 2.05) is 13.0 Å². The summed E-state index contributed by atoms with van der Waals surface area (Å²) in [5, 5.41) is 6.37. The number of hydrogen-bond donors (Lipinski definition) is 2. The average molecular weight is 274 g/mol. The number of fused-ring (bicyclic) bond motifs is 1. The first-order chi connectivity index (χ1) is 9.72. The summed E-state index contributed by atoms with van der Waals surface area (Å²) >= 11 is 0. The third kappa shape index (κ3) is 2.96. The van der Waals surface area contributed by atoms with Gasteiger partial charge in [0.05, 0.1) is 18.2 Å². The largest absolute Gasteiger partial charge is 0.491 e. The molecule has 0 radical (unpaired) electrons. The molecule has 2 heterocycles. The van der Waals surface area contributed by atoms with E-state index in [4.69, 9.17) is 4.74 Å². The number of anilines is 1. The SMILES string of the molecule is CC1COc2ccc(CC3CCNCC3)cc2NC1=O. The molecule has 2 N–H and O–H groups in total. The van der Waals surface area contributed by atoms with E-state index < -0.39 is 0 Å². The Hall–Kier alpha value is -1.55. The predicted octanol–water partition coefficient (Wildman–Crippen LogP) is 2.20. The first kappa shape index (κ1) is 13.4. The van der Waals surface area contributed by atoms with Crippen molar-refractivity contribution < 1.29 is 9.53 Å². The van der Waals surface area contributed by atoms with Crippen molar-refractivity contribution in [2.75, 3.05) is 25.0 Å². The Bertz CT molecular complexity index is 495. The van der Waals surface area contributed by atoms with Gasteiger partial charge in [0.25, 0.3) is 0 Å². The van der Waals surface area contributed by atoms with Gasteiger partial charge in [-0.05, 0) is 56.0 Å². The van der Waals surface area contributed by atoms with Gasteiger partial charge in [0, 0.05) is 0 Å². The van der Waals surface area contributed by atoms with Crippen LogP contribution in [0, 0.1) is 11.8 Å². The van der Waals surface area contributed by atoms with Crippen molar-refractivity contribution in [1.29, 1.82) is 0 Å². The fourth-order valence-corrected chi connectivity index (χ4v) is 2.89. The molecule has 1 aromatic carbocycles. The third-order valence-corrected chi connectivity index (χ3v) is 4.22. The Balaban J connectivity index is 1.74. The Kier molecular flexibility index (Phi) is 3.92. The maximum atomic E-state index is 11.9. The monoisotopic (exact) mass is 274 g/mol. The van der Waals surface area contributed by atoms with Crippen LogP contribution < -0.4 is 15.4 Å². The van der Waals surface area contributed by atoms with E-state index in [2.05, 4.69) is 22.8 Å². The van der Waals surface area contributed by atoms with Gasteiger partial charge < -0.3 is 15.4 Å². The summed E-state index contributed by atoms with van der Waals surface area (Å²) in [6.07, 6.45) is 3.55. The number of carbonyl (C=O) groups is 1. The first-order valence-corrected chi connectivity index (χ1v) is 7.49. The van der Waals surface area contributed by atoms with E-state index in [1.165, 1.54) is 18.4 Å². The molecule has 1 amide bonds. The predicted molar refractivity (Wildman–Crippen MR) is 79.0 cm³/mol. The van der Waals surface area contributed by atoms with Crippen LogP contribution in [0.1, 0.15) is 25.3 Å². The van der Waals surface area contributed by atoms with Gasteiger partial charge in [0.1, 0.15) is 5.75 Å². The maximum Gasteiger partial charge on any atom is 0.230 e. The van der Waals surface area contributed by atoms with E-state index in [-0.39, 0.29) is 11.8 Å². The molecule has 4 heteroatoms. The van der Waals surface area contributed by atoms with E-state index >= 15 is 0 Å². The molecule has 20 heavy (non-hydrogen) atoms. The minimum Gasteiger partial charge on any atom is -0.491 e. The van der Waals surface area contributed by atoms with Gasteiger partial charge in [-0.3, -0.25) is 4.79 Å². The highest BCUT2D eigenvalue weighted by Gasteiger charge is 2.21. The summed E-state index contributed by atoms with van der Waals surface area (Å²) in [4.78, 5) is 11.9. The first-order valence-electron chi connectivity index (χ1n) is 7.49. The summed E-state index contributed by atoms with van der Waals surface area (Å²) in [7, 11) is 0. The average Bonchev–Trinajstić information content (AvgIpc) is 2.60. The zero-order valence-electron chi connectivity index (χ0n) is 11.9. The molecule has 3 rings (SSSR count). The summed E-state index contributed by atoms with van der Waals surface area (Å²) in [5.41, 5.74) is 2.11. The fourth-order valence-electron chi connectivity index (χ4n) is 2.89. The molecule has 4 nitrogen and oxygen atoms in total. The molecule has 108 valence electrons. The van der Waals surface area contributed by atoms with Crippen LogP contribution in [0.5, 0.6) is 5.75 Å². The number of hydrogen-bond acceptors (Lipinski definition) is 3.